The number of nitrogens with zero attached hydrogens (tertiary/aromatic N) is 3. The van der Waals surface area contributed by atoms with E-state index in [1.54, 1.807) is 22.9 Å². The van der Waals surface area contributed by atoms with E-state index in [4.69, 9.17) is 17.3 Å². The highest BCUT2D eigenvalue weighted by atomic mass is 35.5. The van der Waals surface area contributed by atoms with Crippen molar-refractivity contribution < 1.29 is 5.11 Å². The summed E-state index contributed by atoms with van der Waals surface area (Å²) in [7, 11) is 0. The monoisotopic (exact) mass is 280 g/mol. The predicted octanol–water partition coefficient (Wildman–Crippen LogP) is 2.37. The summed E-state index contributed by atoms with van der Waals surface area (Å²) in [5.41, 5.74) is 7.00. The Bertz CT molecular complexity index is 568. The first kappa shape index (κ1) is 13.8. The Morgan fingerprint density at radius 2 is 2.16 bits per heavy atom. The zero-order valence-corrected chi connectivity index (χ0v) is 11.7. The third-order valence-corrected chi connectivity index (χ3v) is 3.16. The predicted molar refractivity (Wildman–Crippen MR) is 74.9 cm³/mol. The van der Waals surface area contributed by atoms with Crippen LogP contribution in [0.5, 0.6) is 0 Å². The molecule has 6 heteroatoms. The molecule has 2 aromatic rings. The Labute approximate surface area is 117 Å². The summed E-state index contributed by atoms with van der Waals surface area (Å²) in [6.45, 7) is 4.03. The molecule has 102 valence electrons. The molecule has 0 aliphatic heterocycles. The summed E-state index contributed by atoms with van der Waals surface area (Å²) < 4.78 is 1.79. The van der Waals surface area contributed by atoms with Gasteiger partial charge in [-0.25, -0.2) is 9.67 Å². The number of nitrogen functional groups attached to an aromatic ring is 1. The number of halogens is 1. The van der Waals surface area contributed by atoms with Crippen LogP contribution in [0.1, 0.15) is 37.4 Å². The molecular formula is C13H17ClN4O. The van der Waals surface area contributed by atoms with Crippen LogP contribution < -0.4 is 5.73 Å². The van der Waals surface area contributed by atoms with Crippen molar-refractivity contribution >= 4 is 17.3 Å². The Kier molecular flexibility index (Phi) is 4.07. The number of anilines is 1. The van der Waals surface area contributed by atoms with Crippen molar-refractivity contribution in [3.63, 3.8) is 0 Å². The molecule has 1 heterocycles. The minimum Gasteiger partial charge on any atom is -0.398 e. The number of aliphatic hydroxyl groups is 1. The highest BCUT2D eigenvalue weighted by Gasteiger charge is 2.16. The van der Waals surface area contributed by atoms with Crippen LogP contribution in [-0.2, 0) is 6.42 Å². The molecule has 3 N–H and O–H groups in total. The molecular weight excluding hydrogens is 264 g/mol. The van der Waals surface area contributed by atoms with Crippen molar-refractivity contribution in [2.24, 2.45) is 0 Å². The van der Waals surface area contributed by atoms with E-state index in [2.05, 4.69) is 10.1 Å². The molecule has 0 fully saturated rings. The Balaban J connectivity index is 2.21. The highest BCUT2D eigenvalue weighted by Crippen LogP contribution is 2.26. The molecule has 0 aliphatic carbocycles. The zero-order valence-electron chi connectivity index (χ0n) is 10.9. The van der Waals surface area contributed by atoms with Gasteiger partial charge in [-0.05, 0) is 26.0 Å². The Morgan fingerprint density at radius 1 is 1.42 bits per heavy atom. The fourth-order valence-electron chi connectivity index (χ4n) is 1.98. The van der Waals surface area contributed by atoms with Gasteiger partial charge < -0.3 is 10.8 Å². The third-order valence-electron chi connectivity index (χ3n) is 2.92. The minimum atomic E-state index is -0.723. The molecule has 2 rings (SSSR count). The lowest BCUT2D eigenvalue weighted by Gasteiger charge is -2.15. The lowest BCUT2D eigenvalue weighted by Crippen LogP contribution is -2.13. The number of nitrogens with two attached hydrogens (primary N) is 1. The van der Waals surface area contributed by atoms with Gasteiger partial charge in [0, 0.05) is 28.7 Å². The average molecular weight is 281 g/mol. The molecule has 1 aromatic carbocycles. The van der Waals surface area contributed by atoms with Crippen LogP contribution in [0, 0.1) is 0 Å². The van der Waals surface area contributed by atoms with E-state index in [0.717, 1.165) is 5.82 Å². The Hall–Kier alpha value is -1.59. The molecule has 0 saturated heterocycles. The summed E-state index contributed by atoms with van der Waals surface area (Å²) in [5, 5.41) is 15.0. The van der Waals surface area contributed by atoms with Crippen molar-refractivity contribution in [2.45, 2.75) is 32.4 Å². The van der Waals surface area contributed by atoms with Crippen molar-refractivity contribution in [2.75, 3.05) is 5.73 Å². The van der Waals surface area contributed by atoms with Crippen LogP contribution >= 0.6 is 11.6 Å². The second-order valence-corrected chi connectivity index (χ2v) is 5.14. The van der Waals surface area contributed by atoms with Gasteiger partial charge >= 0.3 is 0 Å². The van der Waals surface area contributed by atoms with Crippen LogP contribution in [0.25, 0.3) is 0 Å². The first-order valence-corrected chi connectivity index (χ1v) is 6.48. The fraction of sp³-hybridized carbons (Fsp3) is 0.385. The van der Waals surface area contributed by atoms with Gasteiger partial charge in [-0.15, -0.1) is 0 Å². The SMILES string of the molecule is CC(C)n1ncnc1CC(O)c1ccc(Cl)cc1N. The van der Waals surface area contributed by atoms with E-state index in [0.29, 0.717) is 22.7 Å². The summed E-state index contributed by atoms with van der Waals surface area (Å²) in [4.78, 5) is 4.18. The number of hydrogen-bond donors (Lipinski definition) is 2. The maximum atomic E-state index is 10.3. The lowest BCUT2D eigenvalue weighted by molar-refractivity contribution is 0.174. The van der Waals surface area contributed by atoms with Gasteiger partial charge in [-0.3, -0.25) is 0 Å². The summed E-state index contributed by atoms with van der Waals surface area (Å²) in [6.07, 6.45) is 1.14. The second-order valence-electron chi connectivity index (χ2n) is 4.71. The van der Waals surface area contributed by atoms with Gasteiger partial charge in [-0.1, -0.05) is 17.7 Å². The zero-order chi connectivity index (χ0) is 14.0. The maximum Gasteiger partial charge on any atom is 0.138 e. The molecule has 19 heavy (non-hydrogen) atoms. The lowest BCUT2D eigenvalue weighted by atomic mass is 10.0. The molecule has 0 saturated carbocycles. The molecule has 0 aliphatic rings. The average Bonchev–Trinajstić information content (AvgIpc) is 2.76. The van der Waals surface area contributed by atoms with Crippen LogP contribution in [0.3, 0.4) is 0 Å². The van der Waals surface area contributed by atoms with E-state index in [1.807, 2.05) is 13.8 Å². The first-order chi connectivity index (χ1) is 8.99. The molecule has 0 bridgehead atoms. The van der Waals surface area contributed by atoms with E-state index in [9.17, 15) is 5.11 Å². The van der Waals surface area contributed by atoms with Gasteiger partial charge in [0.25, 0.3) is 0 Å². The highest BCUT2D eigenvalue weighted by molar-refractivity contribution is 6.30. The third kappa shape index (κ3) is 3.05. The number of aliphatic hydroxyl groups excluding tert-OH is 1. The second kappa shape index (κ2) is 5.59. The van der Waals surface area contributed by atoms with Gasteiger partial charge in [0.2, 0.25) is 0 Å². The van der Waals surface area contributed by atoms with Crippen molar-refractivity contribution in [1.82, 2.24) is 14.8 Å². The number of rotatable bonds is 4. The molecule has 1 aromatic heterocycles. The molecule has 0 amide bonds. The normalized spacial score (nSPS) is 12.9. The topological polar surface area (TPSA) is 77.0 Å². The summed E-state index contributed by atoms with van der Waals surface area (Å²) in [5.74, 6) is 0.733. The molecule has 5 nitrogen and oxygen atoms in total. The van der Waals surface area contributed by atoms with Gasteiger partial charge in [-0.2, -0.15) is 5.10 Å². The van der Waals surface area contributed by atoms with Crippen molar-refractivity contribution in [3.05, 3.63) is 40.9 Å². The van der Waals surface area contributed by atoms with E-state index in [-0.39, 0.29) is 6.04 Å². The van der Waals surface area contributed by atoms with Crippen molar-refractivity contribution in [3.8, 4) is 0 Å². The van der Waals surface area contributed by atoms with Gasteiger partial charge in [0.05, 0.1) is 6.10 Å². The van der Waals surface area contributed by atoms with Crippen LogP contribution in [0.2, 0.25) is 5.02 Å². The fourth-order valence-corrected chi connectivity index (χ4v) is 2.16. The standard InChI is InChI=1S/C13H17ClN4O/c1-8(2)18-13(16-7-17-18)6-12(19)10-4-3-9(14)5-11(10)15/h3-5,7-8,12,19H,6,15H2,1-2H3. The number of benzene rings is 1. The van der Waals surface area contributed by atoms with Crippen LogP contribution in [0.4, 0.5) is 5.69 Å². The maximum absolute atomic E-state index is 10.3. The summed E-state index contributed by atoms with van der Waals surface area (Å²) >= 11 is 5.84. The summed E-state index contributed by atoms with van der Waals surface area (Å²) in [6, 6.07) is 5.28. The Morgan fingerprint density at radius 3 is 2.79 bits per heavy atom. The largest absolute Gasteiger partial charge is 0.398 e. The number of aromatic nitrogens is 3. The molecule has 0 spiro atoms. The van der Waals surface area contributed by atoms with Gasteiger partial charge in [0.15, 0.2) is 0 Å². The number of hydrogen-bond acceptors (Lipinski definition) is 4. The molecule has 0 radical (unpaired) electrons. The van der Waals surface area contributed by atoms with E-state index >= 15 is 0 Å². The quantitative estimate of drug-likeness (QED) is 0.843. The minimum absolute atomic E-state index is 0.201. The molecule has 1 unspecified atom stereocenters. The van der Waals surface area contributed by atoms with E-state index in [1.165, 1.54) is 6.33 Å². The van der Waals surface area contributed by atoms with Crippen LogP contribution in [0.15, 0.2) is 24.5 Å². The first-order valence-electron chi connectivity index (χ1n) is 6.10. The van der Waals surface area contributed by atoms with E-state index < -0.39 is 6.10 Å². The van der Waals surface area contributed by atoms with Crippen LogP contribution in [-0.4, -0.2) is 19.9 Å². The van der Waals surface area contributed by atoms with Crippen molar-refractivity contribution in [1.29, 1.82) is 0 Å². The molecule has 1 atom stereocenters. The van der Waals surface area contributed by atoms with Gasteiger partial charge in [0.1, 0.15) is 12.2 Å². The smallest absolute Gasteiger partial charge is 0.138 e.